The summed E-state index contributed by atoms with van der Waals surface area (Å²) in [5, 5.41) is 0. The molecule has 0 amide bonds. The molecule has 0 atom stereocenters. The van der Waals surface area contributed by atoms with E-state index in [1.807, 2.05) is 0 Å². The van der Waals surface area contributed by atoms with Crippen molar-refractivity contribution in [3.05, 3.63) is 40.2 Å². The van der Waals surface area contributed by atoms with Crippen LogP contribution in [-0.4, -0.2) is 16.1 Å². The lowest BCUT2D eigenvalue weighted by Crippen LogP contribution is -2.08. The van der Waals surface area contributed by atoms with Gasteiger partial charge in [0.2, 0.25) is 0 Å². The van der Waals surface area contributed by atoms with Crippen LogP contribution in [0.5, 0.6) is 0 Å². The summed E-state index contributed by atoms with van der Waals surface area (Å²) in [6, 6.07) is 4.43. The zero-order valence-electron chi connectivity index (χ0n) is 12.5. The number of benzene rings is 1. The molecule has 3 nitrogen and oxygen atoms in total. The lowest BCUT2D eigenvalue weighted by atomic mass is 9.99. The van der Waals surface area contributed by atoms with Crippen molar-refractivity contribution in [3.8, 4) is 11.4 Å². The predicted octanol–water partition coefficient (Wildman–Crippen LogP) is 2.82. The Morgan fingerprint density at radius 2 is 1.68 bits per heavy atom. The molecule has 1 aromatic heterocycles. The number of aryl methyl sites for hydroxylation is 4. The fourth-order valence-corrected chi connectivity index (χ4v) is 2.91. The first kappa shape index (κ1) is 13.8. The second kappa shape index (κ2) is 5.17. The number of nitrogens with zero attached hydrogens (tertiary/aromatic N) is 2. The number of aromatic nitrogens is 2. The number of nitrogens with two attached hydrogens (primary N) is 1. The zero-order valence-corrected chi connectivity index (χ0v) is 12.5. The monoisotopic (exact) mass is 257 g/mol. The van der Waals surface area contributed by atoms with Crippen molar-refractivity contribution in [3.63, 3.8) is 0 Å². The summed E-state index contributed by atoms with van der Waals surface area (Å²) in [5.41, 5.74) is 13.1. The first-order valence-corrected chi connectivity index (χ1v) is 6.76. The Balaban J connectivity index is 2.63. The minimum absolute atomic E-state index is 0.658. The Labute approximate surface area is 115 Å². The lowest BCUT2D eigenvalue weighted by Gasteiger charge is -2.12. The third-order valence-electron chi connectivity index (χ3n) is 3.70. The molecule has 1 heterocycles. The minimum Gasteiger partial charge on any atom is -0.331 e. The van der Waals surface area contributed by atoms with Crippen molar-refractivity contribution in [2.45, 2.75) is 34.1 Å². The van der Waals surface area contributed by atoms with Gasteiger partial charge in [0.25, 0.3) is 0 Å². The minimum atomic E-state index is 0.658. The molecular weight excluding hydrogens is 234 g/mol. The fraction of sp³-hybridized carbons (Fsp3) is 0.438. The molecule has 19 heavy (non-hydrogen) atoms. The Bertz CT molecular complexity index is 586. The van der Waals surface area contributed by atoms with Gasteiger partial charge in [-0.15, -0.1) is 0 Å². The van der Waals surface area contributed by atoms with Gasteiger partial charge in [-0.25, -0.2) is 4.98 Å². The van der Waals surface area contributed by atoms with Gasteiger partial charge in [0.1, 0.15) is 5.82 Å². The van der Waals surface area contributed by atoms with Crippen molar-refractivity contribution < 1.29 is 0 Å². The van der Waals surface area contributed by atoms with Crippen LogP contribution in [0.4, 0.5) is 0 Å². The maximum Gasteiger partial charge on any atom is 0.140 e. The molecule has 0 aliphatic heterocycles. The summed E-state index contributed by atoms with van der Waals surface area (Å²) in [6.07, 6.45) is 0.874. The molecule has 0 bridgehead atoms. The van der Waals surface area contributed by atoms with E-state index in [0.717, 1.165) is 17.9 Å². The average molecular weight is 257 g/mol. The molecule has 0 unspecified atom stereocenters. The van der Waals surface area contributed by atoms with Crippen LogP contribution in [0.15, 0.2) is 12.1 Å². The van der Waals surface area contributed by atoms with Crippen LogP contribution in [0.3, 0.4) is 0 Å². The van der Waals surface area contributed by atoms with Gasteiger partial charge in [-0.05, 0) is 45.4 Å². The second-order valence-corrected chi connectivity index (χ2v) is 5.34. The summed E-state index contributed by atoms with van der Waals surface area (Å²) in [7, 11) is 2.08. The number of hydrogen-bond donors (Lipinski definition) is 1. The highest BCUT2D eigenvalue weighted by molar-refractivity contribution is 5.66. The zero-order chi connectivity index (χ0) is 14.2. The predicted molar refractivity (Wildman–Crippen MR) is 80.4 cm³/mol. The first-order chi connectivity index (χ1) is 8.95. The summed E-state index contributed by atoms with van der Waals surface area (Å²) in [5.74, 6) is 1.05. The smallest absolute Gasteiger partial charge is 0.140 e. The SMILES string of the molecule is Cc1cc(C)c(-c2nc(C)c(CCN)n2C)c(C)c1. The van der Waals surface area contributed by atoms with E-state index < -0.39 is 0 Å². The Kier molecular flexibility index (Phi) is 3.76. The van der Waals surface area contributed by atoms with E-state index in [0.29, 0.717) is 6.54 Å². The molecule has 0 radical (unpaired) electrons. The molecule has 0 aliphatic carbocycles. The Morgan fingerprint density at radius 1 is 1.11 bits per heavy atom. The average Bonchev–Trinajstić information content (AvgIpc) is 2.56. The van der Waals surface area contributed by atoms with Gasteiger partial charge in [0.05, 0.1) is 5.69 Å². The molecular formula is C16H23N3. The third kappa shape index (κ3) is 2.43. The number of imidazole rings is 1. The standard InChI is InChI=1S/C16H23N3/c1-10-8-11(2)15(12(3)9-10)16-18-13(4)14(6-7-17)19(16)5/h8-9H,6-7,17H2,1-5H3. The van der Waals surface area contributed by atoms with Crippen LogP contribution in [-0.2, 0) is 13.5 Å². The fourth-order valence-electron chi connectivity index (χ4n) is 2.91. The van der Waals surface area contributed by atoms with Gasteiger partial charge < -0.3 is 10.3 Å². The maximum atomic E-state index is 5.68. The van der Waals surface area contributed by atoms with Crippen LogP contribution in [0.1, 0.15) is 28.1 Å². The molecule has 102 valence electrons. The highest BCUT2D eigenvalue weighted by Gasteiger charge is 2.16. The van der Waals surface area contributed by atoms with Gasteiger partial charge in [0.15, 0.2) is 0 Å². The molecule has 0 saturated carbocycles. The quantitative estimate of drug-likeness (QED) is 0.919. The highest BCUT2D eigenvalue weighted by atomic mass is 15.1. The van der Waals surface area contributed by atoms with E-state index in [2.05, 4.69) is 51.4 Å². The van der Waals surface area contributed by atoms with Crippen LogP contribution in [0.2, 0.25) is 0 Å². The van der Waals surface area contributed by atoms with E-state index in [1.165, 1.54) is 27.9 Å². The largest absolute Gasteiger partial charge is 0.331 e. The molecule has 2 aromatic rings. The van der Waals surface area contributed by atoms with Crippen molar-refractivity contribution in [2.75, 3.05) is 6.54 Å². The molecule has 0 spiro atoms. The topological polar surface area (TPSA) is 43.8 Å². The molecule has 3 heteroatoms. The van der Waals surface area contributed by atoms with Crippen molar-refractivity contribution in [2.24, 2.45) is 12.8 Å². The van der Waals surface area contributed by atoms with Gasteiger partial charge >= 0.3 is 0 Å². The summed E-state index contributed by atoms with van der Waals surface area (Å²) >= 11 is 0. The summed E-state index contributed by atoms with van der Waals surface area (Å²) < 4.78 is 2.19. The molecule has 1 aromatic carbocycles. The highest BCUT2D eigenvalue weighted by Crippen LogP contribution is 2.29. The molecule has 2 rings (SSSR count). The molecule has 0 saturated heterocycles. The van der Waals surface area contributed by atoms with Crippen molar-refractivity contribution in [1.82, 2.24) is 9.55 Å². The molecule has 2 N–H and O–H groups in total. The van der Waals surface area contributed by atoms with Crippen LogP contribution < -0.4 is 5.73 Å². The van der Waals surface area contributed by atoms with Gasteiger partial charge in [0, 0.05) is 24.7 Å². The van der Waals surface area contributed by atoms with Gasteiger partial charge in [-0.1, -0.05) is 17.7 Å². The summed E-state index contributed by atoms with van der Waals surface area (Å²) in [4.78, 5) is 4.76. The van der Waals surface area contributed by atoms with Crippen molar-refractivity contribution in [1.29, 1.82) is 0 Å². The maximum absolute atomic E-state index is 5.68. The Hall–Kier alpha value is -1.61. The van der Waals surface area contributed by atoms with Crippen LogP contribution in [0.25, 0.3) is 11.4 Å². The Morgan fingerprint density at radius 3 is 2.21 bits per heavy atom. The first-order valence-electron chi connectivity index (χ1n) is 6.76. The lowest BCUT2D eigenvalue weighted by molar-refractivity contribution is 0.804. The number of hydrogen-bond acceptors (Lipinski definition) is 2. The van der Waals surface area contributed by atoms with E-state index in [1.54, 1.807) is 0 Å². The molecule has 0 aliphatic rings. The van der Waals surface area contributed by atoms with Crippen LogP contribution >= 0.6 is 0 Å². The number of rotatable bonds is 3. The second-order valence-electron chi connectivity index (χ2n) is 5.34. The van der Waals surface area contributed by atoms with Crippen LogP contribution in [0, 0.1) is 27.7 Å². The molecule has 0 fully saturated rings. The van der Waals surface area contributed by atoms with E-state index in [-0.39, 0.29) is 0 Å². The van der Waals surface area contributed by atoms with Gasteiger partial charge in [-0.3, -0.25) is 0 Å². The summed E-state index contributed by atoms with van der Waals surface area (Å²) in [6.45, 7) is 9.16. The van der Waals surface area contributed by atoms with E-state index >= 15 is 0 Å². The third-order valence-corrected chi connectivity index (χ3v) is 3.70. The van der Waals surface area contributed by atoms with E-state index in [4.69, 9.17) is 10.7 Å². The normalized spacial score (nSPS) is 11.1. The van der Waals surface area contributed by atoms with E-state index in [9.17, 15) is 0 Å². The van der Waals surface area contributed by atoms with Gasteiger partial charge in [-0.2, -0.15) is 0 Å². The van der Waals surface area contributed by atoms with Crippen molar-refractivity contribution >= 4 is 0 Å².